The van der Waals surface area contributed by atoms with E-state index in [1.807, 2.05) is 27.7 Å². The summed E-state index contributed by atoms with van der Waals surface area (Å²) in [6.45, 7) is 19.1. The molecule has 0 aromatic heterocycles. The number of guanidine groups is 1. The predicted molar refractivity (Wildman–Crippen MR) is 382 cm³/mol. The summed E-state index contributed by atoms with van der Waals surface area (Å²) in [6, 6.07) is -5.98. The third kappa shape index (κ3) is 36.0. The molecule has 34 nitrogen and oxygen atoms in total. The number of carboxylic acids is 1. The van der Waals surface area contributed by atoms with Gasteiger partial charge in [-0.25, -0.2) is 4.79 Å². The van der Waals surface area contributed by atoms with Crippen LogP contribution in [0.15, 0.2) is 35.3 Å². The van der Waals surface area contributed by atoms with Crippen LogP contribution in [0, 0.1) is 35.5 Å². The van der Waals surface area contributed by atoms with Crippen LogP contribution in [-0.4, -0.2) is 198 Å². The van der Waals surface area contributed by atoms with Gasteiger partial charge in [-0.1, -0.05) is 126 Å². The van der Waals surface area contributed by atoms with E-state index in [-0.39, 0.29) is 94.1 Å². The van der Waals surface area contributed by atoms with E-state index in [0.717, 1.165) is 0 Å². The summed E-state index contributed by atoms with van der Waals surface area (Å²) < 4.78 is 0. The van der Waals surface area contributed by atoms with Crippen LogP contribution in [0.4, 0.5) is 0 Å². The fourth-order valence-electron chi connectivity index (χ4n) is 10.5. The Bertz CT molecular complexity index is 2930. The maximum absolute atomic E-state index is 14.5. The van der Waals surface area contributed by atoms with E-state index in [4.69, 9.17) is 28.7 Å². The first-order valence-electron chi connectivity index (χ1n) is 35.1. The number of nitrogens with one attached hydrogen (secondary N) is 12. The minimum absolute atomic E-state index is 0.00195. The number of nitrogens with zero attached hydrogens (tertiary/aromatic N) is 1. The summed E-state index contributed by atoms with van der Waals surface area (Å²) >= 11 is 0. The molecule has 0 saturated heterocycles. The first-order valence-corrected chi connectivity index (χ1v) is 35.1. The number of benzene rings is 1. The second-order valence-electron chi connectivity index (χ2n) is 27.5. The van der Waals surface area contributed by atoms with Crippen molar-refractivity contribution in [2.24, 2.45) is 69.2 Å². The molecule has 13 atom stereocenters. The minimum atomic E-state index is -1.76. The zero-order chi connectivity index (χ0) is 77.5. The average Bonchev–Trinajstić information content (AvgIpc) is 0.855. The van der Waals surface area contributed by atoms with Crippen molar-refractivity contribution in [2.75, 3.05) is 32.8 Å². The number of nitrogens with two attached hydrogens (primary N) is 5. The molecule has 34 heteroatoms. The molecule has 576 valence electrons. The van der Waals surface area contributed by atoms with Crippen molar-refractivity contribution in [3.63, 3.8) is 0 Å². The van der Waals surface area contributed by atoms with Crippen LogP contribution in [-0.2, 0) is 73.5 Å². The number of carboxylic acid groups (broad SMARTS) is 1. The Morgan fingerprint density at radius 3 is 1.27 bits per heavy atom. The second kappa shape index (κ2) is 47.9. The lowest BCUT2D eigenvalue weighted by Gasteiger charge is -2.31. The Balaban J connectivity index is 3.51. The lowest BCUT2D eigenvalue weighted by molar-refractivity contribution is -0.143. The second-order valence-corrected chi connectivity index (χ2v) is 27.5. The number of aliphatic carboxylic acids is 1. The van der Waals surface area contributed by atoms with Crippen LogP contribution >= 0.6 is 0 Å². The van der Waals surface area contributed by atoms with Gasteiger partial charge in [0, 0.05) is 13.0 Å². The smallest absolute Gasteiger partial charge is 0.326 e. The highest BCUT2D eigenvalue weighted by molar-refractivity contribution is 5.99. The molecule has 102 heavy (non-hydrogen) atoms. The monoisotopic (exact) mass is 1440 g/mol. The van der Waals surface area contributed by atoms with E-state index in [1.165, 1.54) is 0 Å². The maximum atomic E-state index is 14.5. The van der Waals surface area contributed by atoms with Gasteiger partial charge in [-0.3, -0.25) is 67.3 Å². The number of rotatable bonds is 50. The molecule has 0 radical (unpaired) electrons. The number of primary amides is 1. The van der Waals surface area contributed by atoms with Gasteiger partial charge >= 0.3 is 5.97 Å². The Labute approximate surface area is 598 Å². The first-order chi connectivity index (χ1) is 47.9. The number of carbonyl (C=O) groups excluding carboxylic acids is 13. The summed E-state index contributed by atoms with van der Waals surface area (Å²) in [6.07, 6.45) is 1.22. The number of amides is 13. The van der Waals surface area contributed by atoms with Crippen LogP contribution in [0.2, 0.25) is 0 Å². The Morgan fingerprint density at radius 1 is 0.441 bits per heavy atom. The molecule has 1 rings (SSSR count). The number of hydrogen-bond donors (Lipinski definition) is 19. The summed E-state index contributed by atoms with van der Waals surface area (Å²) in [4.78, 5) is 194. The van der Waals surface area contributed by atoms with Gasteiger partial charge in [-0.2, -0.15) is 0 Å². The molecule has 1 aromatic rings. The van der Waals surface area contributed by atoms with E-state index >= 15 is 0 Å². The van der Waals surface area contributed by atoms with Crippen molar-refractivity contribution in [3.8, 4) is 0 Å². The first kappa shape index (κ1) is 91.0. The highest BCUT2D eigenvalue weighted by Gasteiger charge is 2.38. The third-order valence-electron chi connectivity index (χ3n) is 16.5. The fourth-order valence-corrected chi connectivity index (χ4v) is 10.5. The van der Waals surface area contributed by atoms with Crippen molar-refractivity contribution in [1.82, 2.24) is 63.8 Å². The van der Waals surface area contributed by atoms with Crippen molar-refractivity contribution < 1.29 is 77.3 Å². The molecule has 0 heterocycles. The Morgan fingerprint density at radius 2 is 0.824 bits per heavy atom. The van der Waals surface area contributed by atoms with E-state index in [2.05, 4.69) is 68.8 Å². The molecule has 13 amide bonds. The molecule has 0 bridgehead atoms. The van der Waals surface area contributed by atoms with Crippen LogP contribution in [0.5, 0.6) is 0 Å². The predicted octanol–water partition coefficient (Wildman–Crippen LogP) is -2.95. The fraction of sp³-hybridized carbons (Fsp3) is 0.691. The van der Waals surface area contributed by atoms with Crippen LogP contribution in [0.25, 0.3) is 0 Å². The number of aliphatic imine (C=N–C) groups is 1. The maximum Gasteiger partial charge on any atom is 0.326 e. The molecule has 24 N–H and O–H groups in total. The molecule has 0 aliphatic heterocycles. The van der Waals surface area contributed by atoms with E-state index in [0.29, 0.717) is 31.2 Å². The van der Waals surface area contributed by atoms with Gasteiger partial charge in [0.25, 0.3) is 0 Å². The summed E-state index contributed by atoms with van der Waals surface area (Å²) in [5.74, 6) is -14.4. The standard InChI is InChI=1S/C68H118N18O16/c1-13-40(11)55(65(99)84-51(35-87)64(98)79-45(24-20-26-74-68(72)73)60(94)82-48(30-39(9)10)63(97)81-46(28-37(5)6)58(92)75-34-54(90)78-50(67(101)102)32-52(71)88)86-66(100)56(41(12)14-2)85-61(95)44(23-18-19-25-69)77-53(89)33-76-59(93)49(31-42-21-16-15-17-22-42)83-62(96)47(29-38(7)8)80-57(91)43(70)27-36(3)4/h15-17,21-22,36-41,43-51,55-56,87H,13-14,18-20,23-35,69-70H2,1-12H3,(H2,71,88)(H,75,92)(H,76,93)(H,77,89)(H,78,90)(H,79,98)(H,80,91)(H,81,97)(H,82,94)(H,83,96)(H,84,99)(H,85,95)(H,86,100)(H,101,102)(H4,72,73,74)/t40-,41-,43-,44-,45-,46-,47-,48-,49-,50-,51-,55-,56-/m0/s1. The van der Waals surface area contributed by atoms with E-state index < -0.39 is 187 Å². The van der Waals surface area contributed by atoms with Gasteiger partial charge < -0.3 is 103 Å². The van der Waals surface area contributed by atoms with Crippen molar-refractivity contribution in [1.29, 1.82) is 0 Å². The Hall–Kier alpha value is -9.05. The van der Waals surface area contributed by atoms with Crippen LogP contribution in [0.3, 0.4) is 0 Å². The molecule has 0 aliphatic rings. The van der Waals surface area contributed by atoms with Gasteiger partial charge in [-0.05, 0) is 105 Å². The van der Waals surface area contributed by atoms with Crippen molar-refractivity contribution >= 4 is 88.7 Å². The molecule has 0 aliphatic carbocycles. The lowest BCUT2D eigenvalue weighted by atomic mass is 9.94. The summed E-state index contributed by atoms with van der Waals surface area (Å²) in [5, 5.41) is 50.9. The quantitative estimate of drug-likeness (QED) is 0.0176. The van der Waals surface area contributed by atoms with E-state index in [9.17, 15) is 77.3 Å². The molecule has 0 unspecified atom stereocenters. The number of aliphatic hydroxyl groups excluding tert-OH is 1. The Kier molecular flexibility index (Phi) is 42.8. The molecule has 0 fully saturated rings. The zero-order valence-electron chi connectivity index (χ0n) is 61.4. The van der Waals surface area contributed by atoms with Crippen molar-refractivity contribution in [2.45, 2.75) is 233 Å². The molecular formula is C68H118N18O16. The van der Waals surface area contributed by atoms with Crippen LogP contribution in [0.1, 0.15) is 166 Å². The number of hydrogen-bond acceptors (Lipinski definition) is 18. The van der Waals surface area contributed by atoms with Gasteiger partial charge in [0.05, 0.1) is 32.2 Å². The molecule has 0 saturated carbocycles. The highest BCUT2D eigenvalue weighted by Crippen LogP contribution is 2.17. The van der Waals surface area contributed by atoms with Gasteiger partial charge in [-0.15, -0.1) is 0 Å². The lowest BCUT2D eigenvalue weighted by Crippen LogP contribution is -2.62. The SMILES string of the molecule is CC[C@H](C)[C@H](NC(=O)[C@H](CCCCN)NC(=O)CNC(=O)[C@H](Cc1ccccc1)NC(=O)[C@H](CC(C)C)NC(=O)[C@@H](N)CC(C)C)C(=O)N[C@H](C(=O)N[C@@H](CO)C(=O)N[C@@H](CCCN=C(N)N)C(=O)N[C@@H](CC(C)C)C(=O)N[C@@H](CC(C)C)C(=O)NCC(=O)N[C@@H](CC(N)=O)C(=O)O)[C@@H](C)CC. The number of unbranched alkanes of at least 4 members (excludes halogenated alkanes) is 1. The topological polar surface area (TPSA) is 566 Å². The molecular weight excluding hydrogens is 1320 g/mol. The largest absolute Gasteiger partial charge is 0.480 e. The summed E-state index contributed by atoms with van der Waals surface area (Å²) in [5.41, 5.74) is 28.8. The number of aliphatic hydroxyl groups is 1. The van der Waals surface area contributed by atoms with Crippen LogP contribution < -0.4 is 92.5 Å². The minimum Gasteiger partial charge on any atom is -0.480 e. The highest BCUT2D eigenvalue weighted by atomic mass is 16.4. The zero-order valence-corrected chi connectivity index (χ0v) is 61.4. The molecule has 1 aromatic carbocycles. The van der Waals surface area contributed by atoms with Gasteiger partial charge in [0.2, 0.25) is 76.8 Å². The normalized spacial score (nSPS) is 15.1. The van der Waals surface area contributed by atoms with Crippen molar-refractivity contribution in [3.05, 3.63) is 35.9 Å². The average molecular weight is 1440 g/mol. The van der Waals surface area contributed by atoms with Gasteiger partial charge in [0.1, 0.15) is 60.4 Å². The number of carbonyl (C=O) groups is 14. The molecule has 0 spiro atoms. The third-order valence-corrected chi connectivity index (χ3v) is 16.5. The van der Waals surface area contributed by atoms with E-state index in [1.54, 1.807) is 85.7 Å². The van der Waals surface area contributed by atoms with Gasteiger partial charge in [0.15, 0.2) is 5.96 Å². The summed E-state index contributed by atoms with van der Waals surface area (Å²) in [7, 11) is 0.